The molecule has 0 bridgehead atoms. The number of carbonyl (C=O) groups is 1. The zero-order valence-electron chi connectivity index (χ0n) is 9.67. The zero-order chi connectivity index (χ0) is 13.0. The van der Waals surface area contributed by atoms with Crippen LogP contribution in [0.3, 0.4) is 0 Å². The van der Waals surface area contributed by atoms with Gasteiger partial charge in [-0.1, -0.05) is 5.21 Å². The molecule has 0 spiro atoms. The van der Waals surface area contributed by atoms with E-state index in [-0.39, 0.29) is 11.6 Å². The van der Waals surface area contributed by atoms with Crippen LogP contribution in [0.2, 0.25) is 0 Å². The Kier molecular flexibility index (Phi) is 4.27. The standard InChI is InChI=1S/C10H11ClN4O2S/c1-2-17-10(16)9-8(3-11)15(14-13-9)4-7-5-18-6-12-7/h5-6H,2-4H2,1H3. The van der Waals surface area contributed by atoms with E-state index in [0.717, 1.165) is 5.69 Å². The number of halogens is 1. The Balaban J connectivity index is 2.24. The van der Waals surface area contributed by atoms with E-state index in [4.69, 9.17) is 16.3 Å². The van der Waals surface area contributed by atoms with Gasteiger partial charge < -0.3 is 4.74 Å². The van der Waals surface area contributed by atoms with Crippen LogP contribution in [0.5, 0.6) is 0 Å². The third-order valence-electron chi connectivity index (χ3n) is 2.23. The number of rotatable bonds is 5. The average molecular weight is 287 g/mol. The summed E-state index contributed by atoms with van der Waals surface area (Å²) in [6.07, 6.45) is 0. The minimum Gasteiger partial charge on any atom is -0.461 e. The van der Waals surface area contributed by atoms with Crippen LogP contribution in [-0.2, 0) is 17.2 Å². The van der Waals surface area contributed by atoms with E-state index in [0.29, 0.717) is 18.8 Å². The molecule has 0 aliphatic rings. The minimum absolute atomic E-state index is 0.144. The molecule has 2 aromatic heterocycles. The number of thiazole rings is 1. The average Bonchev–Trinajstić information content (AvgIpc) is 2.99. The van der Waals surface area contributed by atoms with Crippen molar-refractivity contribution >= 4 is 28.9 Å². The van der Waals surface area contributed by atoms with E-state index in [1.807, 2.05) is 5.38 Å². The lowest BCUT2D eigenvalue weighted by Crippen LogP contribution is -2.10. The number of alkyl halides is 1. The van der Waals surface area contributed by atoms with Crippen LogP contribution < -0.4 is 0 Å². The smallest absolute Gasteiger partial charge is 0.360 e. The molecular weight excluding hydrogens is 276 g/mol. The highest BCUT2D eigenvalue weighted by Gasteiger charge is 2.20. The minimum atomic E-state index is -0.502. The van der Waals surface area contributed by atoms with Gasteiger partial charge in [0.25, 0.3) is 0 Å². The molecular formula is C10H11ClN4O2S. The van der Waals surface area contributed by atoms with Gasteiger partial charge in [-0.3, -0.25) is 0 Å². The van der Waals surface area contributed by atoms with Gasteiger partial charge in [-0.15, -0.1) is 28.0 Å². The largest absolute Gasteiger partial charge is 0.461 e. The third-order valence-corrected chi connectivity index (χ3v) is 3.12. The maximum Gasteiger partial charge on any atom is 0.360 e. The molecule has 0 saturated carbocycles. The normalized spacial score (nSPS) is 10.6. The lowest BCUT2D eigenvalue weighted by atomic mass is 10.3. The van der Waals surface area contributed by atoms with Gasteiger partial charge in [-0.05, 0) is 6.92 Å². The molecule has 6 nitrogen and oxygen atoms in total. The number of nitrogens with zero attached hydrogens (tertiary/aromatic N) is 4. The second-order valence-corrected chi connectivity index (χ2v) is 4.36. The fraction of sp³-hybridized carbons (Fsp3) is 0.400. The van der Waals surface area contributed by atoms with Gasteiger partial charge in [0.1, 0.15) is 0 Å². The van der Waals surface area contributed by atoms with E-state index in [9.17, 15) is 4.79 Å². The summed E-state index contributed by atoms with van der Waals surface area (Å²) < 4.78 is 6.46. The monoisotopic (exact) mass is 286 g/mol. The van der Waals surface area contributed by atoms with Crippen LogP contribution >= 0.6 is 22.9 Å². The molecule has 2 heterocycles. The Morgan fingerprint density at radius 3 is 3.06 bits per heavy atom. The van der Waals surface area contributed by atoms with Gasteiger partial charge in [0.2, 0.25) is 0 Å². The number of hydrogen-bond acceptors (Lipinski definition) is 6. The third kappa shape index (κ3) is 2.68. The van der Waals surface area contributed by atoms with Gasteiger partial charge >= 0.3 is 5.97 Å². The zero-order valence-corrected chi connectivity index (χ0v) is 11.2. The molecule has 0 aliphatic carbocycles. The topological polar surface area (TPSA) is 69.9 Å². The molecule has 18 heavy (non-hydrogen) atoms. The van der Waals surface area contributed by atoms with E-state index < -0.39 is 5.97 Å². The van der Waals surface area contributed by atoms with Crippen molar-refractivity contribution in [3.05, 3.63) is 28.0 Å². The molecule has 96 valence electrons. The maximum atomic E-state index is 11.6. The molecule has 0 fully saturated rings. The Hall–Kier alpha value is -1.47. The predicted molar refractivity (Wildman–Crippen MR) is 66.8 cm³/mol. The Morgan fingerprint density at radius 1 is 1.61 bits per heavy atom. The van der Waals surface area contributed by atoms with Gasteiger partial charge in [0, 0.05) is 5.38 Å². The Bertz CT molecular complexity index is 526. The first-order chi connectivity index (χ1) is 8.76. The molecule has 2 rings (SSSR count). The fourth-order valence-corrected chi connectivity index (χ4v) is 2.23. The molecule has 0 atom stereocenters. The number of aromatic nitrogens is 4. The number of esters is 1. The second kappa shape index (κ2) is 5.92. The fourth-order valence-electron chi connectivity index (χ4n) is 1.42. The van der Waals surface area contributed by atoms with Crippen LogP contribution in [0, 0.1) is 0 Å². The van der Waals surface area contributed by atoms with Crippen molar-refractivity contribution in [3.63, 3.8) is 0 Å². The quantitative estimate of drug-likeness (QED) is 0.618. The molecule has 0 amide bonds. The summed E-state index contributed by atoms with van der Waals surface area (Å²) in [5.41, 5.74) is 3.30. The summed E-state index contributed by atoms with van der Waals surface area (Å²) in [5, 5.41) is 9.63. The summed E-state index contributed by atoms with van der Waals surface area (Å²) in [6, 6.07) is 0. The van der Waals surface area contributed by atoms with Crippen molar-refractivity contribution in [3.8, 4) is 0 Å². The van der Waals surface area contributed by atoms with E-state index in [2.05, 4.69) is 15.3 Å². The first kappa shape index (κ1) is 13.0. The predicted octanol–water partition coefficient (Wildman–Crippen LogP) is 1.70. The highest BCUT2D eigenvalue weighted by atomic mass is 35.5. The van der Waals surface area contributed by atoms with Crippen LogP contribution in [0.1, 0.15) is 28.8 Å². The lowest BCUT2D eigenvalue weighted by Gasteiger charge is -2.03. The van der Waals surface area contributed by atoms with Crippen molar-refractivity contribution < 1.29 is 9.53 Å². The van der Waals surface area contributed by atoms with Crippen molar-refractivity contribution in [1.29, 1.82) is 0 Å². The van der Waals surface area contributed by atoms with E-state index in [1.165, 1.54) is 11.3 Å². The van der Waals surface area contributed by atoms with Crippen LogP contribution in [-0.4, -0.2) is 32.6 Å². The second-order valence-electron chi connectivity index (χ2n) is 3.38. The molecule has 8 heteroatoms. The lowest BCUT2D eigenvalue weighted by molar-refractivity contribution is 0.0518. The van der Waals surface area contributed by atoms with E-state index in [1.54, 1.807) is 17.1 Å². The Labute approximate surface area is 113 Å². The molecule has 0 radical (unpaired) electrons. The van der Waals surface area contributed by atoms with Gasteiger partial charge in [0.15, 0.2) is 5.69 Å². The summed E-state index contributed by atoms with van der Waals surface area (Å²) in [6.45, 7) is 2.47. The number of ether oxygens (including phenoxy) is 1. The summed E-state index contributed by atoms with van der Waals surface area (Å²) in [4.78, 5) is 15.8. The van der Waals surface area contributed by atoms with Crippen LogP contribution in [0.25, 0.3) is 0 Å². The van der Waals surface area contributed by atoms with Gasteiger partial charge in [0.05, 0.1) is 35.9 Å². The van der Waals surface area contributed by atoms with Crippen molar-refractivity contribution in [2.45, 2.75) is 19.3 Å². The number of carbonyl (C=O) groups excluding carboxylic acids is 1. The molecule has 0 N–H and O–H groups in total. The van der Waals surface area contributed by atoms with Crippen molar-refractivity contribution in [2.75, 3.05) is 6.61 Å². The molecule has 0 aliphatic heterocycles. The molecule has 0 aromatic carbocycles. The van der Waals surface area contributed by atoms with Gasteiger partial charge in [-0.25, -0.2) is 14.5 Å². The molecule has 0 saturated heterocycles. The SMILES string of the molecule is CCOC(=O)c1nnn(Cc2cscn2)c1CCl. The molecule has 2 aromatic rings. The Morgan fingerprint density at radius 2 is 2.44 bits per heavy atom. The molecule has 0 unspecified atom stereocenters. The maximum absolute atomic E-state index is 11.6. The number of hydrogen-bond donors (Lipinski definition) is 0. The van der Waals surface area contributed by atoms with Crippen molar-refractivity contribution in [2.24, 2.45) is 0 Å². The first-order valence-electron chi connectivity index (χ1n) is 5.28. The van der Waals surface area contributed by atoms with Crippen LogP contribution in [0.4, 0.5) is 0 Å². The van der Waals surface area contributed by atoms with Crippen molar-refractivity contribution in [1.82, 2.24) is 20.0 Å². The highest BCUT2D eigenvalue weighted by molar-refractivity contribution is 7.07. The summed E-state index contributed by atoms with van der Waals surface area (Å²) in [7, 11) is 0. The van der Waals surface area contributed by atoms with Gasteiger partial charge in [-0.2, -0.15) is 0 Å². The first-order valence-corrected chi connectivity index (χ1v) is 6.76. The van der Waals surface area contributed by atoms with Crippen LogP contribution in [0.15, 0.2) is 10.9 Å². The summed E-state index contributed by atoms with van der Waals surface area (Å²) >= 11 is 7.33. The van der Waals surface area contributed by atoms with E-state index >= 15 is 0 Å². The summed E-state index contributed by atoms with van der Waals surface area (Å²) in [5.74, 6) is -0.358. The highest BCUT2D eigenvalue weighted by Crippen LogP contribution is 2.12.